The van der Waals surface area contributed by atoms with Crippen LogP contribution in [0.1, 0.15) is 0 Å². The molecule has 0 aromatic heterocycles. The van der Waals surface area contributed by atoms with Crippen LogP contribution in [0.25, 0.3) is 0 Å². The Balaban J connectivity index is 3.79. The number of hydrogen-bond donors (Lipinski definition) is 0. The monoisotopic (exact) mass is 132 g/mol. The van der Waals surface area contributed by atoms with Crippen molar-refractivity contribution in [2.45, 2.75) is 6.18 Å². The molecule has 0 spiro atoms. The van der Waals surface area contributed by atoms with Crippen molar-refractivity contribution in [3.8, 4) is 0 Å². The van der Waals surface area contributed by atoms with E-state index >= 15 is 0 Å². The smallest absolute Gasteiger partial charge is 0.189 e. The largest absolute Gasteiger partial charge is 0.453 e. The van der Waals surface area contributed by atoms with Crippen LogP contribution in [-0.4, -0.2) is 11.3 Å². The lowest BCUT2D eigenvalue weighted by molar-refractivity contribution is -0.0642. The highest BCUT2D eigenvalue weighted by atomic mass is 32.1. The van der Waals surface area contributed by atoms with Gasteiger partial charge < -0.3 is 0 Å². The van der Waals surface area contributed by atoms with Gasteiger partial charge in [-0.15, -0.1) is 0 Å². The van der Waals surface area contributed by atoms with E-state index in [2.05, 4.69) is 12.2 Å². The molecule has 0 aliphatic carbocycles. The molecule has 0 nitrogen and oxygen atoms in total. The van der Waals surface area contributed by atoms with E-state index in [0.29, 0.717) is 0 Å². The van der Waals surface area contributed by atoms with Gasteiger partial charge in [0.15, 0.2) is 0 Å². The van der Waals surface area contributed by atoms with Crippen molar-refractivity contribution in [1.29, 1.82) is 0 Å². The summed E-state index contributed by atoms with van der Waals surface area (Å²) < 4.78 is 42.8. The molecule has 0 radical (unpaired) electrons. The van der Waals surface area contributed by atoms with Crippen molar-refractivity contribution in [1.82, 2.24) is 0 Å². The minimum Gasteiger partial charge on any atom is -0.189 e. The van der Waals surface area contributed by atoms with E-state index in [4.69, 9.17) is 0 Å². The molecule has 5 heteroatoms. The summed E-state index contributed by atoms with van der Waals surface area (Å²) in [6.07, 6.45) is -4.94. The number of halogens is 4. The Kier molecular flexibility index (Phi) is 1.68. The summed E-state index contributed by atoms with van der Waals surface area (Å²) in [5.74, 6) is 0. The van der Waals surface area contributed by atoms with Crippen molar-refractivity contribution in [3.05, 3.63) is 0 Å². The van der Waals surface area contributed by atoms with Crippen molar-refractivity contribution in [2.75, 3.05) is 0 Å². The first-order valence-electron chi connectivity index (χ1n) is 1.21. The van der Waals surface area contributed by atoms with E-state index in [1.54, 1.807) is 0 Å². The third-order valence-electron chi connectivity index (χ3n) is 0.223. The first-order chi connectivity index (χ1) is 2.94. The van der Waals surface area contributed by atoms with Crippen molar-refractivity contribution in [3.63, 3.8) is 0 Å². The summed E-state index contributed by atoms with van der Waals surface area (Å²) in [5, 5.41) is -2.42. The van der Waals surface area contributed by atoms with Crippen LogP contribution in [0, 0.1) is 0 Å². The third kappa shape index (κ3) is 2.50. The van der Waals surface area contributed by atoms with Crippen LogP contribution in [0.4, 0.5) is 17.6 Å². The maximum atomic E-state index is 10.8. The second-order valence-corrected chi connectivity index (χ2v) is 1.13. The van der Waals surface area contributed by atoms with Crippen molar-refractivity contribution in [2.24, 2.45) is 0 Å². The molecule has 0 atom stereocenters. The fourth-order valence-corrected chi connectivity index (χ4v) is 0. The summed E-state index contributed by atoms with van der Waals surface area (Å²) in [5.41, 5.74) is 0. The molecule has 0 aliphatic rings. The van der Waals surface area contributed by atoms with Crippen molar-refractivity contribution < 1.29 is 17.6 Å². The second kappa shape index (κ2) is 1.73. The Labute approximate surface area is 42.1 Å². The first kappa shape index (κ1) is 6.81. The molecule has 0 bridgehead atoms. The van der Waals surface area contributed by atoms with Gasteiger partial charge in [0.05, 0.1) is 0 Å². The number of thiocarbonyl (C=S) groups is 1. The Morgan fingerprint density at radius 1 is 1.29 bits per heavy atom. The van der Waals surface area contributed by atoms with Gasteiger partial charge in [-0.2, -0.15) is 17.6 Å². The lowest BCUT2D eigenvalue weighted by Crippen LogP contribution is -2.14. The van der Waals surface area contributed by atoms with E-state index in [1.165, 1.54) is 0 Å². The molecule has 0 N–H and O–H groups in total. The molecular formula is C2F4S. The molecule has 42 valence electrons. The van der Waals surface area contributed by atoms with Gasteiger partial charge in [0.2, 0.25) is 0 Å². The molecule has 0 amide bonds. The van der Waals surface area contributed by atoms with Crippen molar-refractivity contribution >= 4 is 17.3 Å². The van der Waals surface area contributed by atoms with Gasteiger partial charge in [-0.1, -0.05) is 0 Å². The summed E-state index contributed by atoms with van der Waals surface area (Å²) in [6.45, 7) is 0. The predicted molar refractivity (Wildman–Crippen MR) is 19.8 cm³/mol. The van der Waals surface area contributed by atoms with Crippen LogP contribution in [0.5, 0.6) is 0 Å². The highest BCUT2D eigenvalue weighted by molar-refractivity contribution is 7.80. The first-order valence-corrected chi connectivity index (χ1v) is 1.62. The quantitative estimate of drug-likeness (QED) is 0.275. The zero-order chi connectivity index (χ0) is 6.08. The Morgan fingerprint density at radius 2 is 1.43 bits per heavy atom. The third-order valence-corrected chi connectivity index (χ3v) is 0.454. The SMILES string of the molecule is FC(=S)C(F)(F)F. The van der Waals surface area contributed by atoms with Gasteiger partial charge in [-0.05, 0) is 12.2 Å². The topological polar surface area (TPSA) is 0 Å². The zero-order valence-corrected chi connectivity index (χ0v) is 3.74. The fraction of sp³-hybridized carbons (Fsp3) is 0.500. The Hall–Kier alpha value is -0.190. The van der Waals surface area contributed by atoms with E-state index < -0.39 is 11.3 Å². The summed E-state index contributed by atoms with van der Waals surface area (Å²) in [7, 11) is 0. The standard InChI is InChI=1S/C2F4S/c3-1(7)2(4,5)6. The normalized spacial score (nSPS) is 11.4. The van der Waals surface area contributed by atoms with Crippen LogP contribution < -0.4 is 0 Å². The van der Waals surface area contributed by atoms with Gasteiger partial charge in [0.25, 0.3) is 5.12 Å². The average Bonchev–Trinajstić information content (AvgIpc) is 1.31. The van der Waals surface area contributed by atoms with Crippen LogP contribution in [0.2, 0.25) is 0 Å². The van der Waals surface area contributed by atoms with Crippen LogP contribution in [0.15, 0.2) is 0 Å². The van der Waals surface area contributed by atoms with E-state index in [0.717, 1.165) is 0 Å². The molecule has 0 aromatic carbocycles. The van der Waals surface area contributed by atoms with Gasteiger partial charge in [0.1, 0.15) is 0 Å². The highest BCUT2D eigenvalue weighted by Gasteiger charge is 2.34. The molecule has 0 saturated heterocycles. The predicted octanol–water partition coefficient (Wildman–Crippen LogP) is 1.85. The van der Waals surface area contributed by atoms with Crippen LogP contribution in [-0.2, 0) is 0 Å². The molecular weight excluding hydrogens is 132 g/mol. The van der Waals surface area contributed by atoms with Crippen LogP contribution in [0.3, 0.4) is 0 Å². The molecule has 0 unspecified atom stereocenters. The number of alkyl halides is 3. The molecule has 0 aliphatic heterocycles. The van der Waals surface area contributed by atoms with Gasteiger partial charge in [-0.25, -0.2) is 0 Å². The minimum absolute atomic E-state index is 2.42. The molecule has 0 saturated carbocycles. The maximum absolute atomic E-state index is 10.8. The maximum Gasteiger partial charge on any atom is 0.453 e. The molecule has 0 rings (SSSR count). The molecule has 7 heavy (non-hydrogen) atoms. The highest BCUT2D eigenvalue weighted by Crippen LogP contribution is 2.17. The lowest BCUT2D eigenvalue weighted by Gasteiger charge is -1.95. The van der Waals surface area contributed by atoms with Gasteiger partial charge in [0, 0.05) is 0 Å². The number of rotatable bonds is 0. The zero-order valence-electron chi connectivity index (χ0n) is 2.92. The second-order valence-electron chi connectivity index (χ2n) is 0.771. The van der Waals surface area contributed by atoms with E-state index in [-0.39, 0.29) is 0 Å². The molecule has 0 fully saturated rings. The van der Waals surface area contributed by atoms with E-state index in [1.807, 2.05) is 0 Å². The van der Waals surface area contributed by atoms with Gasteiger partial charge in [-0.3, -0.25) is 0 Å². The minimum atomic E-state index is -4.94. The summed E-state index contributed by atoms with van der Waals surface area (Å²) in [6, 6.07) is 0. The Morgan fingerprint density at radius 3 is 1.43 bits per heavy atom. The fourth-order valence-electron chi connectivity index (χ4n) is 0. The van der Waals surface area contributed by atoms with Gasteiger partial charge >= 0.3 is 6.18 Å². The van der Waals surface area contributed by atoms with Crippen LogP contribution >= 0.6 is 12.2 Å². The Bertz CT molecular complexity index is 82.2. The lowest BCUT2D eigenvalue weighted by atomic mass is 10.8. The number of hydrogen-bond acceptors (Lipinski definition) is 1. The summed E-state index contributed by atoms with van der Waals surface area (Å²) >= 11 is 3.14. The van der Waals surface area contributed by atoms with E-state index in [9.17, 15) is 17.6 Å². The summed E-state index contributed by atoms with van der Waals surface area (Å²) in [4.78, 5) is 0. The average molecular weight is 132 g/mol. The molecule has 0 heterocycles. The molecule has 0 aromatic rings.